The van der Waals surface area contributed by atoms with Crippen LogP contribution in [-0.4, -0.2) is 40.1 Å². The Labute approximate surface area is 207 Å². The molecule has 0 radical (unpaired) electrons. The number of rotatable bonds is 13. The highest BCUT2D eigenvalue weighted by atomic mass is 16.6. The SMILES string of the molecule is CCCCCCCCC(=O)/C=C/C=C(\C)C(=O)O[C@@]1(C)C(=O)C=C2C=C(C[C@H](C)O)OC=C2C1=O. The molecule has 1 N–H and O–H groups in total. The molecule has 1 aliphatic heterocycles. The lowest BCUT2D eigenvalue weighted by atomic mass is 9.80. The normalized spacial score (nSPS) is 21.1. The first-order valence-corrected chi connectivity index (χ1v) is 12.3. The minimum Gasteiger partial charge on any atom is -0.468 e. The van der Waals surface area contributed by atoms with Gasteiger partial charge >= 0.3 is 5.97 Å². The highest BCUT2D eigenvalue weighted by molar-refractivity contribution is 6.26. The summed E-state index contributed by atoms with van der Waals surface area (Å²) in [5, 5.41) is 9.52. The van der Waals surface area contributed by atoms with E-state index in [2.05, 4.69) is 6.92 Å². The van der Waals surface area contributed by atoms with Crippen LogP contribution >= 0.6 is 0 Å². The van der Waals surface area contributed by atoms with Crippen molar-refractivity contribution < 1.29 is 33.8 Å². The molecule has 190 valence electrons. The van der Waals surface area contributed by atoms with Crippen LogP contribution in [-0.2, 0) is 28.7 Å². The molecule has 0 fully saturated rings. The molecule has 7 nitrogen and oxygen atoms in total. The van der Waals surface area contributed by atoms with Crippen LogP contribution < -0.4 is 0 Å². The Balaban J connectivity index is 1.97. The van der Waals surface area contributed by atoms with E-state index in [1.165, 1.54) is 69.8 Å². The predicted molar refractivity (Wildman–Crippen MR) is 132 cm³/mol. The van der Waals surface area contributed by atoms with Crippen LogP contribution in [0.15, 0.2) is 59.1 Å². The maximum absolute atomic E-state index is 13.0. The molecule has 35 heavy (non-hydrogen) atoms. The number of esters is 1. The molecular weight excluding hydrogens is 448 g/mol. The summed E-state index contributed by atoms with van der Waals surface area (Å²) < 4.78 is 10.8. The molecule has 0 bridgehead atoms. The van der Waals surface area contributed by atoms with Crippen molar-refractivity contribution in [2.75, 3.05) is 0 Å². The Bertz CT molecular complexity index is 991. The molecule has 0 amide bonds. The van der Waals surface area contributed by atoms with E-state index in [-0.39, 0.29) is 23.4 Å². The zero-order valence-electron chi connectivity index (χ0n) is 21.1. The maximum atomic E-state index is 13.0. The first-order chi connectivity index (χ1) is 16.6. The van der Waals surface area contributed by atoms with Gasteiger partial charge in [0.1, 0.15) is 12.0 Å². The third-order valence-electron chi connectivity index (χ3n) is 5.91. The molecule has 0 unspecified atom stereocenters. The molecular formula is C28H36O7. The van der Waals surface area contributed by atoms with E-state index in [0.717, 1.165) is 19.3 Å². The van der Waals surface area contributed by atoms with Gasteiger partial charge in [0, 0.05) is 18.4 Å². The van der Waals surface area contributed by atoms with Gasteiger partial charge in [0.2, 0.25) is 17.2 Å². The average Bonchev–Trinajstić information content (AvgIpc) is 2.79. The number of ketones is 3. The molecule has 0 aromatic rings. The Morgan fingerprint density at radius 1 is 1.14 bits per heavy atom. The van der Waals surface area contributed by atoms with Gasteiger partial charge in [-0.3, -0.25) is 14.4 Å². The van der Waals surface area contributed by atoms with Crippen LogP contribution in [0.25, 0.3) is 0 Å². The number of hydrogen-bond donors (Lipinski definition) is 1. The number of aliphatic hydroxyl groups excluding tert-OH is 1. The third-order valence-corrected chi connectivity index (χ3v) is 5.91. The van der Waals surface area contributed by atoms with E-state index in [1.807, 2.05) is 0 Å². The Hall–Kier alpha value is -3.06. The monoisotopic (exact) mass is 484 g/mol. The van der Waals surface area contributed by atoms with Gasteiger partial charge in [-0.25, -0.2) is 4.79 Å². The Morgan fingerprint density at radius 2 is 1.83 bits per heavy atom. The molecule has 1 heterocycles. The fraction of sp³-hybridized carbons (Fsp3) is 0.500. The number of fused-ring (bicyclic) bond motifs is 1. The number of ether oxygens (including phenoxy) is 2. The molecule has 1 aliphatic carbocycles. The summed E-state index contributed by atoms with van der Waals surface area (Å²) in [6.07, 6.45) is 14.9. The van der Waals surface area contributed by atoms with Crippen LogP contribution in [0.3, 0.4) is 0 Å². The standard InChI is InChI=1S/C28H36O7/c1-5-6-7-8-9-10-13-22(30)14-11-12-19(2)27(33)35-28(4)25(31)17-21-16-23(15-20(3)29)34-18-24(21)26(28)32/h11-12,14,16-18,20,29H,5-10,13,15H2,1-4H3/b14-11+,19-12+/t20-,28-/m0/s1. The van der Waals surface area contributed by atoms with Crippen LogP contribution in [0.1, 0.15) is 79.1 Å². The third kappa shape index (κ3) is 7.99. The van der Waals surface area contributed by atoms with Gasteiger partial charge < -0.3 is 14.6 Å². The summed E-state index contributed by atoms with van der Waals surface area (Å²) >= 11 is 0. The van der Waals surface area contributed by atoms with E-state index >= 15 is 0 Å². The summed E-state index contributed by atoms with van der Waals surface area (Å²) in [6, 6.07) is 0. The van der Waals surface area contributed by atoms with Crippen LogP contribution in [0, 0.1) is 0 Å². The van der Waals surface area contributed by atoms with Crippen molar-refractivity contribution in [2.45, 2.75) is 90.8 Å². The number of carbonyl (C=O) groups is 4. The molecule has 2 aliphatic rings. The van der Waals surface area contributed by atoms with E-state index < -0.39 is 29.2 Å². The highest BCUT2D eigenvalue weighted by Gasteiger charge is 2.49. The number of unbranched alkanes of at least 4 members (excludes halogenated alkanes) is 5. The average molecular weight is 485 g/mol. The smallest absolute Gasteiger partial charge is 0.335 e. The highest BCUT2D eigenvalue weighted by Crippen LogP contribution is 2.34. The van der Waals surface area contributed by atoms with Gasteiger partial charge in [0.25, 0.3) is 0 Å². The molecule has 0 aromatic heterocycles. The summed E-state index contributed by atoms with van der Waals surface area (Å²) in [5.41, 5.74) is -1.39. The van der Waals surface area contributed by atoms with Crippen LogP contribution in [0.2, 0.25) is 0 Å². The van der Waals surface area contributed by atoms with Crippen molar-refractivity contribution in [3.8, 4) is 0 Å². The zero-order valence-corrected chi connectivity index (χ0v) is 21.1. The summed E-state index contributed by atoms with van der Waals surface area (Å²) in [4.78, 5) is 50.4. The topological polar surface area (TPSA) is 107 Å². The molecule has 2 atom stereocenters. The first kappa shape index (κ1) is 28.2. The van der Waals surface area contributed by atoms with Gasteiger partial charge in [0.15, 0.2) is 5.78 Å². The fourth-order valence-electron chi connectivity index (χ4n) is 3.73. The van der Waals surface area contributed by atoms with Crippen LogP contribution in [0.5, 0.6) is 0 Å². The minimum absolute atomic E-state index is 0.0209. The van der Waals surface area contributed by atoms with Gasteiger partial charge in [-0.2, -0.15) is 0 Å². The quantitative estimate of drug-likeness (QED) is 0.132. The zero-order chi connectivity index (χ0) is 26.0. The minimum atomic E-state index is -2.02. The lowest BCUT2D eigenvalue weighted by molar-refractivity contribution is -0.165. The fourth-order valence-corrected chi connectivity index (χ4v) is 3.73. The Kier molecular flexibility index (Phi) is 10.6. The van der Waals surface area contributed by atoms with Crippen LogP contribution in [0.4, 0.5) is 0 Å². The van der Waals surface area contributed by atoms with Crippen molar-refractivity contribution in [2.24, 2.45) is 0 Å². The van der Waals surface area contributed by atoms with E-state index in [4.69, 9.17) is 9.47 Å². The number of carbonyl (C=O) groups excluding carboxylic acids is 4. The molecule has 0 aromatic carbocycles. The van der Waals surface area contributed by atoms with Crippen molar-refractivity contribution in [1.82, 2.24) is 0 Å². The Morgan fingerprint density at radius 3 is 2.51 bits per heavy atom. The van der Waals surface area contributed by atoms with Crippen molar-refractivity contribution >= 4 is 23.3 Å². The summed E-state index contributed by atoms with van der Waals surface area (Å²) in [7, 11) is 0. The molecule has 2 rings (SSSR count). The second-order valence-corrected chi connectivity index (χ2v) is 9.22. The van der Waals surface area contributed by atoms with Gasteiger partial charge in [-0.1, -0.05) is 51.2 Å². The van der Waals surface area contributed by atoms with Crippen molar-refractivity contribution in [3.63, 3.8) is 0 Å². The number of aliphatic hydroxyl groups is 1. The van der Waals surface area contributed by atoms with Gasteiger partial charge in [0.05, 0.1) is 11.7 Å². The second kappa shape index (κ2) is 13.1. The van der Waals surface area contributed by atoms with Crippen molar-refractivity contribution in [3.05, 3.63) is 59.1 Å². The molecule has 0 spiro atoms. The van der Waals surface area contributed by atoms with E-state index in [0.29, 0.717) is 17.8 Å². The predicted octanol–water partition coefficient (Wildman–Crippen LogP) is 4.76. The van der Waals surface area contributed by atoms with Gasteiger partial charge in [-0.05, 0) is 51.0 Å². The number of Topliss-reactive ketones (excluding diaryl/α,β-unsaturated/α-hetero) is 1. The number of hydrogen-bond acceptors (Lipinski definition) is 7. The summed E-state index contributed by atoms with van der Waals surface area (Å²) in [6.45, 7) is 6.50. The largest absolute Gasteiger partial charge is 0.468 e. The van der Waals surface area contributed by atoms with E-state index in [9.17, 15) is 24.3 Å². The lowest BCUT2D eigenvalue weighted by Crippen LogP contribution is -2.50. The maximum Gasteiger partial charge on any atom is 0.335 e. The molecule has 7 heteroatoms. The van der Waals surface area contributed by atoms with E-state index in [1.54, 1.807) is 6.92 Å². The first-order valence-electron chi connectivity index (χ1n) is 12.3. The van der Waals surface area contributed by atoms with Gasteiger partial charge in [-0.15, -0.1) is 0 Å². The summed E-state index contributed by atoms with van der Waals surface area (Å²) in [5.74, 6) is -1.77. The molecule has 0 saturated carbocycles. The molecule has 0 saturated heterocycles. The van der Waals surface area contributed by atoms with Crippen molar-refractivity contribution in [1.29, 1.82) is 0 Å². The second-order valence-electron chi connectivity index (χ2n) is 9.22. The lowest BCUT2D eigenvalue weighted by Gasteiger charge is -2.31. The number of allylic oxidation sites excluding steroid dienone is 5.